The van der Waals surface area contributed by atoms with Crippen LogP contribution >= 0.6 is 0 Å². The molecule has 0 fully saturated rings. The van der Waals surface area contributed by atoms with Gasteiger partial charge in [0.15, 0.2) is 15.6 Å². The number of benzene rings is 1. The van der Waals surface area contributed by atoms with Crippen molar-refractivity contribution in [3.05, 3.63) is 29.8 Å². The van der Waals surface area contributed by atoms with Gasteiger partial charge in [0.2, 0.25) is 0 Å². The molecule has 1 rings (SSSR count). The molecular formula is C12H16O4S. The highest BCUT2D eigenvalue weighted by Gasteiger charge is 2.22. The van der Waals surface area contributed by atoms with Gasteiger partial charge in [-0.05, 0) is 19.1 Å². The van der Waals surface area contributed by atoms with Gasteiger partial charge in [-0.2, -0.15) is 0 Å². The molecule has 17 heavy (non-hydrogen) atoms. The monoisotopic (exact) mass is 256 g/mol. The van der Waals surface area contributed by atoms with Crippen molar-refractivity contribution in [3.8, 4) is 0 Å². The van der Waals surface area contributed by atoms with Crippen molar-refractivity contribution in [2.24, 2.45) is 5.92 Å². The molecule has 4 nitrogen and oxygen atoms in total. The fourth-order valence-electron chi connectivity index (χ4n) is 1.26. The SMILES string of the molecule is Cc1ccc(S(=O)(=O)CC(=O)C(C)CO)cc1. The van der Waals surface area contributed by atoms with E-state index in [1.807, 2.05) is 6.92 Å². The van der Waals surface area contributed by atoms with Crippen LogP contribution in [0, 0.1) is 12.8 Å². The number of hydrogen-bond acceptors (Lipinski definition) is 4. The van der Waals surface area contributed by atoms with E-state index in [0.29, 0.717) is 0 Å². The Hall–Kier alpha value is -1.20. The van der Waals surface area contributed by atoms with Crippen molar-refractivity contribution in [3.63, 3.8) is 0 Å². The zero-order chi connectivity index (χ0) is 13.1. The van der Waals surface area contributed by atoms with E-state index in [2.05, 4.69) is 0 Å². The number of carbonyl (C=O) groups is 1. The number of aliphatic hydroxyl groups excluding tert-OH is 1. The zero-order valence-corrected chi connectivity index (χ0v) is 10.7. The second kappa shape index (κ2) is 5.42. The minimum Gasteiger partial charge on any atom is -0.396 e. The van der Waals surface area contributed by atoms with Crippen molar-refractivity contribution < 1.29 is 18.3 Å². The van der Waals surface area contributed by atoms with E-state index in [9.17, 15) is 13.2 Å². The van der Waals surface area contributed by atoms with Crippen LogP contribution in [0.1, 0.15) is 12.5 Å². The minimum absolute atomic E-state index is 0.140. The molecule has 1 N–H and O–H groups in total. The van der Waals surface area contributed by atoms with Crippen LogP contribution in [0.5, 0.6) is 0 Å². The Morgan fingerprint density at radius 2 is 1.82 bits per heavy atom. The summed E-state index contributed by atoms with van der Waals surface area (Å²) in [6.07, 6.45) is 0. The third-order valence-corrected chi connectivity index (χ3v) is 4.19. The molecular weight excluding hydrogens is 240 g/mol. The summed E-state index contributed by atoms with van der Waals surface area (Å²) in [5.74, 6) is -1.67. The summed E-state index contributed by atoms with van der Waals surface area (Å²) in [5.41, 5.74) is 0.957. The number of ketones is 1. The van der Waals surface area contributed by atoms with Crippen LogP contribution in [0.2, 0.25) is 0 Å². The fraction of sp³-hybridized carbons (Fsp3) is 0.417. The summed E-state index contributed by atoms with van der Waals surface area (Å²) in [6, 6.07) is 6.35. The highest BCUT2D eigenvalue weighted by atomic mass is 32.2. The number of aryl methyl sites for hydroxylation is 1. The number of sulfone groups is 1. The van der Waals surface area contributed by atoms with Gasteiger partial charge in [-0.25, -0.2) is 8.42 Å². The Morgan fingerprint density at radius 3 is 2.29 bits per heavy atom. The molecule has 0 heterocycles. The van der Waals surface area contributed by atoms with Gasteiger partial charge in [-0.15, -0.1) is 0 Å². The molecule has 0 saturated carbocycles. The lowest BCUT2D eigenvalue weighted by Crippen LogP contribution is -2.24. The smallest absolute Gasteiger partial charge is 0.185 e. The fourth-order valence-corrected chi connectivity index (χ4v) is 2.64. The maximum Gasteiger partial charge on any atom is 0.185 e. The average molecular weight is 256 g/mol. The number of hydrogen-bond donors (Lipinski definition) is 1. The van der Waals surface area contributed by atoms with Crippen LogP contribution in [0.25, 0.3) is 0 Å². The third-order valence-electron chi connectivity index (χ3n) is 2.54. The lowest BCUT2D eigenvalue weighted by Gasteiger charge is -2.08. The summed E-state index contributed by atoms with van der Waals surface area (Å²) in [5, 5.41) is 8.79. The molecule has 94 valence electrons. The topological polar surface area (TPSA) is 71.4 Å². The van der Waals surface area contributed by atoms with Gasteiger partial charge in [-0.1, -0.05) is 24.6 Å². The highest BCUT2D eigenvalue weighted by molar-refractivity contribution is 7.92. The molecule has 1 aromatic carbocycles. The van der Waals surface area contributed by atoms with Crippen molar-refractivity contribution >= 4 is 15.6 Å². The molecule has 0 aliphatic heterocycles. The largest absolute Gasteiger partial charge is 0.396 e. The molecule has 0 amide bonds. The standard InChI is InChI=1S/C12H16O4S/c1-9-3-5-11(6-4-9)17(15,16)8-12(14)10(2)7-13/h3-6,10,13H,7-8H2,1-2H3. The van der Waals surface area contributed by atoms with E-state index < -0.39 is 27.3 Å². The Kier molecular flexibility index (Phi) is 4.42. The Morgan fingerprint density at radius 1 is 1.29 bits per heavy atom. The Labute approximate surface area is 101 Å². The number of rotatable bonds is 5. The first-order valence-electron chi connectivity index (χ1n) is 5.30. The van der Waals surface area contributed by atoms with Gasteiger partial charge in [0.1, 0.15) is 5.75 Å². The third kappa shape index (κ3) is 3.64. The van der Waals surface area contributed by atoms with E-state index in [0.717, 1.165) is 5.56 Å². The van der Waals surface area contributed by atoms with Gasteiger partial charge in [0, 0.05) is 5.92 Å². The first-order valence-corrected chi connectivity index (χ1v) is 6.95. The summed E-state index contributed by atoms with van der Waals surface area (Å²) >= 11 is 0. The van der Waals surface area contributed by atoms with Gasteiger partial charge in [0.25, 0.3) is 0 Å². The van der Waals surface area contributed by atoms with E-state index >= 15 is 0 Å². The summed E-state index contributed by atoms with van der Waals surface area (Å²) in [4.78, 5) is 11.6. The van der Waals surface area contributed by atoms with Crippen molar-refractivity contribution in [1.29, 1.82) is 0 Å². The molecule has 0 aliphatic carbocycles. The second-order valence-electron chi connectivity index (χ2n) is 4.12. The summed E-state index contributed by atoms with van der Waals surface area (Å²) in [7, 11) is -3.59. The predicted molar refractivity (Wildman–Crippen MR) is 64.5 cm³/mol. The van der Waals surface area contributed by atoms with Gasteiger partial charge in [0.05, 0.1) is 11.5 Å². The molecule has 0 saturated heterocycles. The highest BCUT2D eigenvalue weighted by Crippen LogP contribution is 2.13. The van der Waals surface area contributed by atoms with Crippen molar-refractivity contribution in [2.45, 2.75) is 18.7 Å². The second-order valence-corrected chi connectivity index (χ2v) is 6.11. The Bertz CT molecular complexity index is 488. The van der Waals surface area contributed by atoms with Crippen LogP contribution in [-0.4, -0.2) is 31.7 Å². The molecule has 1 atom stereocenters. The molecule has 0 bridgehead atoms. The lowest BCUT2D eigenvalue weighted by molar-refractivity contribution is -0.120. The van der Waals surface area contributed by atoms with E-state index in [1.54, 1.807) is 12.1 Å². The van der Waals surface area contributed by atoms with Gasteiger partial charge < -0.3 is 5.11 Å². The molecule has 1 aromatic rings. The summed E-state index contributed by atoms with van der Waals surface area (Å²) in [6.45, 7) is 3.03. The number of carbonyl (C=O) groups excluding carboxylic acids is 1. The van der Waals surface area contributed by atoms with Gasteiger partial charge >= 0.3 is 0 Å². The van der Waals surface area contributed by atoms with Crippen LogP contribution in [0.3, 0.4) is 0 Å². The van der Waals surface area contributed by atoms with E-state index in [1.165, 1.54) is 19.1 Å². The predicted octanol–water partition coefficient (Wildman–Crippen LogP) is 0.966. The van der Waals surface area contributed by atoms with E-state index in [4.69, 9.17) is 5.11 Å². The summed E-state index contributed by atoms with van der Waals surface area (Å²) < 4.78 is 23.7. The first-order chi connectivity index (χ1) is 7.86. The minimum atomic E-state index is -3.59. The first kappa shape index (κ1) is 13.9. The van der Waals surface area contributed by atoms with E-state index in [-0.39, 0.29) is 11.5 Å². The van der Waals surface area contributed by atoms with Crippen molar-refractivity contribution in [2.75, 3.05) is 12.4 Å². The number of aliphatic hydroxyl groups is 1. The molecule has 0 radical (unpaired) electrons. The number of Topliss-reactive ketones (excluding diaryl/α,β-unsaturated/α-hetero) is 1. The zero-order valence-electron chi connectivity index (χ0n) is 9.88. The molecule has 0 aromatic heterocycles. The molecule has 1 unspecified atom stereocenters. The Balaban J connectivity index is 2.89. The van der Waals surface area contributed by atoms with Gasteiger partial charge in [-0.3, -0.25) is 4.79 Å². The van der Waals surface area contributed by atoms with Crippen LogP contribution < -0.4 is 0 Å². The average Bonchev–Trinajstić information content (AvgIpc) is 2.27. The van der Waals surface area contributed by atoms with Crippen LogP contribution in [0.15, 0.2) is 29.2 Å². The maximum atomic E-state index is 11.9. The lowest BCUT2D eigenvalue weighted by atomic mass is 10.1. The molecule has 5 heteroatoms. The quantitative estimate of drug-likeness (QED) is 0.852. The van der Waals surface area contributed by atoms with Crippen LogP contribution in [-0.2, 0) is 14.6 Å². The normalized spacial score (nSPS) is 13.4. The van der Waals surface area contributed by atoms with Crippen LogP contribution in [0.4, 0.5) is 0 Å². The van der Waals surface area contributed by atoms with Crippen molar-refractivity contribution in [1.82, 2.24) is 0 Å². The molecule has 0 spiro atoms. The molecule has 0 aliphatic rings. The maximum absolute atomic E-state index is 11.9.